The fourth-order valence-electron chi connectivity index (χ4n) is 3.00. The Labute approximate surface area is 146 Å². The van der Waals surface area contributed by atoms with Gasteiger partial charge in [0, 0.05) is 10.8 Å². The molecule has 0 aliphatic carbocycles. The third-order valence-electron chi connectivity index (χ3n) is 4.17. The molecule has 0 atom stereocenters. The topological polar surface area (TPSA) is 39.1 Å². The van der Waals surface area contributed by atoms with Gasteiger partial charge in [0.05, 0.1) is 10.7 Å². The Balaban J connectivity index is 2.31. The fraction of sp³-hybridized carbons (Fsp3) is 0. The maximum Gasteiger partial charge on any atom is 0.265 e. The maximum absolute atomic E-state index is 13.5. The van der Waals surface area contributed by atoms with E-state index in [4.69, 9.17) is 11.6 Å². The largest absolute Gasteiger partial charge is 0.268 e. The number of nitrogens with zero attached hydrogens (tertiary/aromatic N) is 1. The van der Waals surface area contributed by atoms with Crippen LogP contribution in [0, 0.1) is 5.82 Å². The van der Waals surface area contributed by atoms with Crippen molar-refractivity contribution in [2.24, 2.45) is 0 Å². The first-order valence-corrected chi connectivity index (χ1v) is 7.98. The molecular formula is C20H11ClFNO2. The van der Waals surface area contributed by atoms with Crippen LogP contribution in [-0.2, 0) is 0 Å². The summed E-state index contributed by atoms with van der Waals surface area (Å²) >= 11 is 5.85. The van der Waals surface area contributed by atoms with Gasteiger partial charge in [0.1, 0.15) is 5.82 Å². The summed E-state index contributed by atoms with van der Waals surface area (Å²) in [5, 5.41) is 2.03. The third kappa shape index (κ3) is 2.42. The molecule has 25 heavy (non-hydrogen) atoms. The molecule has 0 N–H and O–H groups in total. The minimum absolute atomic E-state index is 0.149. The van der Waals surface area contributed by atoms with E-state index in [1.807, 2.05) is 12.1 Å². The zero-order chi connectivity index (χ0) is 17.6. The first-order valence-electron chi connectivity index (χ1n) is 7.60. The molecule has 4 rings (SSSR count). The van der Waals surface area contributed by atoms with E-state index in [1.165, 1.54) is 12.1 Å². The highest BCUT2D eigenvalue weighted by Gasteiger charge is 2.13. The molecule has 0 unspecified atom stereocenters. The molecule has 0 bridgehead atoms. The van der Waals surface area contributed by atoms with Crippen molar-refractivity contribution in [1.82, 2.24) is 4.57 Å². The van der Waals surface area contributed by atoms with Crippen LogP contribution in [0.5, 0.6) is 0 Å². The smallest absolute Gasteiger partial charge is 0.265 e. The van der Waals surface area contributed by atoms with Crippen LogP contribution >= 0.6 is 11.6 Å². The van der Waals surface area contributed by atoms with E-state index in [9.17, 15) is 14.0 Å². The Morgan fingerprint density at radius 2 is 1.20 bits per heavy atom. The third-order valence-corrected chi connectivity index (χ3v) is 4.46. The molecule has 1 heterocycles. The Bertz CT molecular complexity index is 1190. The summed E-state index contributed by atoms with van der Waals surface area (Å²) < 4.78 is 14.5. The summed E-state index contributed by atoms with van der Waals surface area (Å²) in [6, 6.07) is 17.9. The van der Waals surface area contributed by atoms with Crippen molar-refractivity contribution in [3.05, 3.63) is 98.3 Å². The molecule has 0 radical (unpaired) electrons. The van der Waals surface area contributed by atoms with Crippen LogP contribution in [0.25, 0.3) is 27.2 Å². The average Bonchev–Trinajstić information content (AvgIpc) is 2.73. The van der Waals surface area contributed by atoms with Gasteiger partial charge < -0.3 is 0 Å². The van der Waals surface area contributed by atoms with Crippen LogP contribution in [0.3, 0.4) is 0 Å². The number of hydrogen-bond donors (Lipinski definition) is 0. The lowest BCUT2D eigenvalue weighted by molar-refractivity contribution is 0.627. The van der Waals surface area contributed by atoms with Crippen molar-refractivity contribution in [2.75, 3.05) is 0 Å². The number of benzene rings is 3. The van der Waals surface area contributed by atoms with E-state index in [2.05, 4.69) is 0 Å². The molecule has 3 aromatic carbocycles. The van der Waals surface area contributed by atoms with Crippen LogP contribution < -0.4 is 11.1 Å². The van der Waals surface area contributed by atoms with E-state index in [0.29, 0.717) is 21.5 Å². The predicted octanol–water partition coefficient (Wildman–Crippen LogP) is 4.30. The van der Waals surface area contributed by atoms with Gasteiger partial charge in [-0.1, -0.05) is 48.0 Å². The van der Waals surface area contributed by atoms with E-state index in [1.54, 1.807) is 36.4 Å². The molecule has 0 aliphatic rings. The highest BCUT2D eigenvalue weighted by atomic mass is 35.5. The number of halogens is 2. The quantitative estimate of drug-likeness (QED) is 0.513. The first-order chi connectivity index (χ1) is 12.1. The van der Waals surface area contributed by atoms with Gasteiger partial charge in [-0.05, 0) is 41.1 Å². The normalized spacial score (nSPS) is 11.1. The van der Waals surface area contributed by atoms with E-state index in [-0.39, 0.29) is 10.7 Å². The summed E-state index contributed by atoms with van der Waals surface area (Å²) in [6.07, 6.45) is 0. The van der Waals surface area contributed by atoms with Crippen LogP contribution in [-0.4, -0.2) is 4.57 Å². The molecule has 0 spiro atoms. The molecule has 0 amide bonds. The second kappa shape index (κ2) is 5.83. The van der Waals surface area contributed by atoms with E-state index in [0.717, 1.165) is 10.6 Å². The lowest BCUT2D eigenvalue weighted by Gasteiger charge is -2.04. The number of hydrogen-bond acceptors (Lipinski definition) is 2. The Hall–Kier alpha value is -2.98. The minimum atomic E-state index is -0.610. The fourth-order valence-corrected chi connectivity index (χ4v) is 3.18. The molecule has 122 valence electrons. The summed E-state index contributed by atoms with van der Waals surface area (Å²) in [5.74, 6) is -0.610. The molecule has 1 aromatic heterocycles. The Morgan fingerprint density at radius 3 is 1.68 bits per heavy atom. The molecule has 5 heteroatoms. The summed E-state index contributed by atoms with van der Waals surface area (Å²) in [6.45, 7) is 0. The van der Waals surface area contributed by atoms with Gasteiger partial charge in [0.25, 0.3) is 11.1 Å². The zero-order valence-electron chi connectivity index (χ0n) is 12.9. The Kier molecular flexibility index (Phi) is 3.62. The first kappa shape index (κ1) is 15.5. The monoisotopic (exact) mass is 351 g/mol. The lowest BCUT2D eigenvalue weighted by Crippen LogP contribution is -2.28. The lowest BCUT2D eigenvalue weighted by atomic mass is 10.1. The van der Waals surface area contributed by atoms with Gasteiger partial charge in [0.15, 0.2) is 0 Å². The summed E-state index contributed by atoms with van der Waals surface area (Å²) in [7, 11) is 0. The van der Waals surface area contributed by atoms with Crippen molar-refractivity contribution < 1.29 is 4.39 Å². The number of aromatic nitrogens is 1. The van der Waals surface area contributed by atoms with Crippen LogP contribution in [0.2, 0.25) is 5.02 Å². The molecule has 0 fully saturated rings. The highest BCUT2D eigenvalue weighted by Crippen LogP contribution is 2.21. The molecule has 0 saturated carbocycles. The molecule has 0 saturated heterocycles. The van der Waals surface area contributed by atoms with Gasteiger partial charge in [-0.25, -0.2) is 8.96 Å². The summed E-state index contributed by atoms with van der Waals surface area (Å²) in [5.41, 5.74) is -0.716. The van der Waals surface area contributed by atoms with Gasteiger partial charge in [-0.2, -0.15) is 0 Å². The van der Waals surface area contributed by atoms with Gasteiger partial charge in [0.2, 0.25) is 0 Å². The number of fused-ring (bicyclic) bond motifs is 3. The number of rotatable bonds is 1. The molecule has 3 nitrogen and oxygen atoms in total. The van der Waals surface area contributed by atoms with Gasteiger partial charge >= 0.3 is 0 Å². The van der Waals surface area contributed by atoms with Crippen LogP contribution in [0.1, 0.15) is 0 Å². The highest BCUT2D eigenvalue weighted by molar-refractivity contribution is 6.30. The predicted molar refractivity (Wildman–Crippen MR) is 98.3 cm³/mol. The van der Waals surface area contributed by atoms with Gasteiger partial charge in [-0.3, -0.25) is 9.59 Å². The van der Waals surface area contributed by atoms with Crippen LogP contribution in [0.4, 0.5) is 4.39 Å². The SMILES string of the molecule is O=c1c2ccccc2c2ccccc2c(=O)n1-c1ccc(F)c(Cl)c1. The van der Waals surface area contributed by atoms with Crippen molar-refractivity contribution in [2.45, 2.75) is 0 Å². The minimum Gasteiger partial charge on any atom is -0.268 e. The summed E-state index contributed by atoms with van der Waals surface area (Å²) in [4.78, 5) is 26.2. The van der Waals surface area contributed by atoms with Crippen LogP contribution in [0.15, 0.2) is 76.3 Å². The van der Waals surface area contributed by atoms with E-state index < -0.39 is 16.9 Å². The van der Waals surface area contributed by atoms with Crippen molar-refractivity contribution in [3.8, 4) is 5.69 Å². The van der Waals surface area contributed by atoms with Crippen molar-refractivity contribution in [3.63, 3.8) is 0 Å². The average molecular weight is 352 g/mol. The molecule has 4 aromatic rings. The second-order valence-electron chi connectivity index (χ2n) is 5.64. The van der Waals surface area contributed by atoms with E-state index >= 15 is 0 Å². The van der Waals surface area contributed by atoms with Crippen molar-refractivity contribution >= 4 is 33.1 Å². The van der Waals surface area contributed by atoms with Crippen molar-refractivity contribution in [1.29, 1.82) is 0 Å². The second-order valence-corrected chi connectivity index (χ2v) is 6.04. The maximum atomic E-state index is 13.5. The molecular weight excluding hydrogens is 341 g/mol. The standard InChI is InChI=1S/C20H11ClFNO2/c21-17-11-12(9-10-18(17)22)23-19(24)15-7-3-1-5-13(15)14-6-2-4-8-16(14)20(23)25/h1-11H. The Morgan fingerprint density at radius 1 is 0.720 bits per heavy atom. The van der Waals surface area contributed by atoms with Gasteiger partial charge in [-0.15, -0.1) is 0 Å². The molecule has 0 aliphatic heterocycles. The zero-order valence-corrected chi connectivity index (χ0v) is 13.6.